The summed E-state index contributed by atoms with van der Waals surface area (Å²) in [6.07, 6.45) is 0.359. The van der Waals surface area contributed by atoms with Crippen molar-refractivity contribution >= 4 is 17.5 Å². The molecular weight excluding hydrogens is 272 g/mol. The summed E-state index contributed by atoms with van der Waals surface area (Å²) in [6, 6.07) is 15.7. The molecule has 0 saturated carbocycles. The summed E-state index contributed by atoms with van der Waals surface area (Å²) in [5, 5.41) is 3.56. The van der Waals surface area contributed by atoms with Gasteiger partial charge in [0.05, 0.1) is 0 Å². The standard InChI is InChI=1S/C16H17ClN2O/c17-15-4-2-1-3-14(15)13-7-5-12(6-8-13)11-19-16(20)9-10-18/h1-8H,9-11,18H2,(H,19,20). The van der Waals surface area contributed by atoms with Crippen molar-refractivity contribution in [2.75, 3.05) is 6.54 Å². The first-order valence-corrected chi connectivity index (χ1v) is 6.89. The van der Waals surface area contributed by atoms with Gasteiger partial charge in [-0.2, -0.15) is 0 Å². The lowest BCUT2D eigenvalue weighted by atomic mass is 10.0. The van der Waals surface area contributed by atoms with Gasteiger partial charge in [-0.1, -0.05) is 54.1 Å². The van der Waals surface area contributed by atoms with Gasteiger partial charge in [-0.05, 0) is 17.2 Å². The molecule has 3 N–H and O–H groups in total. The van der Waals surface area contributed by atoms with Crippen molar-refractivity contribution in [1.82, 2.24) is 5.32 Å². The average molecular weight is 289 g/mol. The molecule has 0 aliphatic carbocycles. The second-order valence-electron chi connectivity index (χ2n) is 4.49. The molecule has 0 spiro atoms. The molecular formula is C16H17ClN2O. The lowest BCUT2D eigenvalue weighted by Gasteiger charge is -2.07. The summed E-state index contributed by atoms with van der Waals surface area (Å²) in [4.78, 5) is 11.3. The van der Waals surface area contributed by atoms with Crippen LogP contribution < -0.4 is 11.1 Å². The summed E-state index contributed by atoms with van der Waals surface area (Å²) in [5.41, 5.74) is 8.44. The van der Waals surface area contributed by atoms with Gasteiger partial charge in [0.15, 0.2) is 0 Å². The van der Waals surface area contributed by atoms with E-state index in [1.54, 1.807) is 0 Å². The largest absolute Gasteiger partial charge is 0.352 e. The second-order valence-corrected chi connectivity index (χ2v) is 4.90. The zero-order chi connectivity index (χ0) is 14.4. The van der Waals surface area contributed by atoms with E-state index >= 15 is 0 Å². The fraction of sp³-hybridized carbons (Fsp3) is 0.188. The minimum Gasteiger partial charge on any atom is -0.352 e. The fourth-order valence-electron chi connectivity index (χ4n) is 1.92. The third-order valence-electron chi connectivity index (χ3n) is 3.00. The van der Waals surface area contributed by atoms with E-state index in [0.29, 0.717) is 19.5 Å². The number of amides is 1. The highest BCUT2D eigenvalue weighted by atomic mass is 35.5. The van der Waals surface area contributed by atoms with Gasteiger partial charge in [0, 0.05) is 30.1 Å². The Kier molecular flexibility index (Phi) is 5.16. The third kappa shape index (κ3) is 3.83. The smallest absolute Gasteiger partial charge is 0.221 e. The molecule has 0 fully saturated rings. The molecule has 0 heterocycles. The zero-order valence-corrected chi connectivity index (χ0v) is 11.9. The Labute approximate surface area is 123 Å². The summed E-state index contributed by atoms with van der Waals surface area (Å²) < 4.78 is 0. The molecule has 1 amide bonds. The highest BCUT2D eigenvalue weighted by Gasteiger charge is 2.03. The lowest BCUT2D eigenvalue weighted by molar-refractivity contribution is -0.121. The summed E-state index contributed by atoms with van der Waals surface area (Å²) in [5.74, 6) is -0.0253. The average Bonchev–Trinajstić information content (AvgIpc) is 2.47. The number of hydrogen-bond donors (Lipinski definition) is 2. The normalized spacial score (nSPS) is 10.3. The number of carbonyl (C=O) groups is 1. The Hall–Kier alpha value is -1.84. The van der Waals surface area contributed by atoms with Crippen molar-refractivity contribution in [3.05, 3.63) is 59.1 Å². The highest BCUT2D eigenvalue weighted by molar-refractivity contribution is 6.33. The molecule has 0 atom stereocenters. The maximum atomic E-state index is 11.3. The van der Waals surface area contributed by atoms with Gasteiger partial charge in [0.1, 0.15) is 0 Å². The predicted molar refractivity (Wildman–Crippen MR) is 82.4 cm³/mol. The van der Waals surface area contributed by atoms with Gasteiger partial charge in [-0.25, -0.2) is 0 Å². The van der Waals surface area contributed by atoms with Crippen LogP contribution in [0.5, 0.6) is 0 Å². The Bertz CT molecular complexity index is 581. The molecule has 0 saturated heterocycles. The van der Waals surface area contributed by atoms with Crippen molar-refractivity contribution in [2.45, 2.75) is 13.0 Å². The third-order valence-corrected chi connectivity index (χ3v) is 3.33. The molecule has 2 rings (SSSR count). The van der Waals surface area contributed by atoms with Crippen LogP contribution in [0.4, 0.5) is 0 Å². The number of nitrogens with one attached hydrogen (secondary N) is 1. The van der Waals surface area contributed by atoms with Crippen LogP contribution in [0.2, 0.25) is 5.02 Å². The molecule has 3 nitrogen and oxygen atoms in total. The van der Waals surface area contributed by atoms with Crippen LogP contribution in [0, 0.1) is 0 Å². The second kappa shape index (κ2) is 7.08. The zero-order valence-electron chi connectivity index (χ0n) is 11.1. The SMILES string of the molecule is NCCC(=O)NCc1ccc(-c2ccccc2Cl)cc1. The predicted octanol–water partition coefficient (Wildman–Crippen LogP) is 2.97. The van der Waals surface area contributed by atoms with E-state index in [9.17, 15) is 4.79 Å². The Morgan fingerprint density at radius 1 is 1.10 bits per heavy atom. The number of hydrogen-bond acceptors (Lipinski definition) is 2. The number of benzene rings is 2. The van der Waals surface area contributed by atoms with Crippen molar-refractivity contribution in [3.63, 3.8) is 0 Å². The van der Waals surface area contributed by atoms with Gasteiger partial charge in [-0.15, -0.1) is 0 Å². The van der Waals surface area contributed by atoms with Crippen molar-refractivity contribution in [3.8, 4) is 11.1 Å². The first-order valence-electron chi connectivity index (χ1n) is 6.51. The molecule has 4 heteroatoms. The van der Waals surface area contributed by atoms with E-state index < -0.39 is 0 Å². The van der Waals surface area contributed by atoms with E-state index in [4.69, 9.17) is 17.3 Å². The Morgan fingerprint density at radius 2 is 1.80 bits per heavy atom. The van der Waals surface area contributed by atoms with Gasteiger partial charge in [0.25, 0.3) is 0 Å². The van der Waals surface area contributed by atoms with Gasteiger partial charge < -0.3 is 11.1 Å². The van der Waals surface area contributed by atoms with Crippen LogP contribution in [0.1, 0.15) is 12.0 Å². The molecule has 20 heavy (non-hydrogen) atoms. The molecule has 0 aliphatic heterocycles. The van der Waals surface area contributed by atoms with Crippen molar-refractivity contribution in [2.24, 2.45) is 5.73 Å². The van der Waals surface area contributed by atoms with Gasteiger partial charge in [0.2, 0.25) is 5.91 Å². The number of halogens is 1. The summed E-state index contributed by atoms with van der Waals surface area (Å²) >= 11 is 6.17. The van der Waals surface area contributed by atoms with Gasteiger partial charge in [-0.3, -0.25) is 4.79 Å². The Morgan fingerprint density at radius 3 is 2.45 bits per heavy atom. The molecule has 0 radical (unpaired) electrons. The maximum absolute atomic E-state index is 11.3. The summed E-state index contributed by atoms with van der Waals surface area (Å²) in [7, 11) is 0. The van der Waals surface area contributed by atoms with Crippen LogP contribution >= 0.6 is 11.6 Å². The van der Waals surface area contributed by atoms with Crippen LogP contribution in [-0.4, -0.2) is 12.5 Å². The molecule has 0 aliphatic rings. The van der Waals surface area contributed by atoms with E-state index in [2.05, 4.69) is 5.32 Å². The van der Waals surface area contributed by atoms with Crippen LogP contribution in [-0.2, 0) is 11.3 Å². The molecule has 2 aromatic rings. The topological polar surface area (TPSA) is 55.1 Å². The minimum absolute atomic E-state index is 0.0253. The molecule has 0 aromatic heterocycles. The molecule has 104 valence electrons. The number of carbonyl (C=O) groups excluding carboxylic acids is 1. The Balaban J connectivity index is 2.03. The fourth-order valence-corrected chi connectivity index (χ4v) is 2.16. The van der Waals surface area contributed by atoms with Crippen LogP contribution in [0.15, 0.2) is 48.5 Å². The number of nitrogens with two attached hydrogens (primary N) is 1. The van der Waals surface area contributed by atoms with Crippen molar-refractivity contribution < 1.29 is 4.79 Å². The maximum Gasteiger partial charge on any atom is 0.221 e. The molecule has 2 aromatic carbocycles. The lowest BCUT2D eigenvalue weighted by Crippen LogP contribution is -2.24. The first-order chi connectivity index (χ1) is 9.70. The van der Waals surface area contributed by atoms with E-state index in [-0.39, 0.29) is 5.91 Å². The van der Waals surface area contributed by atoms with Crippen LogP contribution in [0.25, 0.3) is 11.1 Å². The van der Waals surface area contributed by atoms with Crippen LogP contribution in [0.3, 0.4) is 0 Å². The number of rotatable bonds is 5. The van der Waals surface area contributed by atoms with E-state index in [1.807, 2.05) is 48.5 Å². The first kappa shape index (κ1) is 14.6. The quantitative estimate of drug-likeness (QED) is 0.889. The van der Waals surface area contributed by atoms with E-state index in [0.717, 1.165) is 21.7 Å². The summed E-state index contributed by atoms with van der Waals surface area (Å²) in [6.45, 7) is 0.888. The highest BCUT2D eigenvalue weighted by Crippen LogP contribution is 2.27. The van der Waals surface area contributed by atoms with Crippen molar-refractivity contribution in [1.29, 1.82) is 0 Å². The monoisotopic (exact) mass is 288 g/mol. The molecule has 0 unspecified atom stereocenters. The van der Waals surface area contributed by atoms with E-state index in [1.165, 1.54) is 0 Å². The molecule has 0 bridgehead atoms. The van der Waals surface area contributed by atoms with Gasteiger partial charge >= 0.3 is 0 Å². The minimum atomic E-state index is -0.0253.